The third-order valence-corrected chi connectivity index (χ3v) is 2.16. The number of nitrogens with one attached hydrogen (secondary N) is 1. The van der Waals surface area contributed by atoms with Gasteiger partial charge in [0.1, 0.15) is 0 Å². The van der Waals surface area contributed by atoms with Crippen LogP contribution in [0.4, 0.5) is 0 Å². The van der Waals surface area contributed by atoms with Crippen molar-refractivity contribution >= 4 is 0 Å². The van der Waals surface area contributed by atoms with Crippen molar-refractivity contribution in [3.63, 3.8) is 0 Å². The standard InChI is InChI=1S/C9H22N2/c1-5-7-8-11(10-4)9(3)6-2/h9-10H,5-8H2,1-4H3. The van der Waals surface area contributed by atoms with Crippen molar-refractivity contribution in [2.75, 3.05) is 13.6 Å². The molecule has 0 fully saturated rings. The Balaban J connectivity index is 3.56. The summed E-state index contributed by atoms with van der Waals surface area (Å²) in [6.45, 7) is 7.87. The smallest absolute Gasteiger partial charge is 0.0212 e. The predicted molar refractivity (Wildman–Crippen MR) is 50.4 cm³/mol. The number of nitrogens with zero attached hydrogens (tertiary/aromatic N) is 1. The second-order valence-electron chi connectivity index (χ2n) is 3.03. The average Bonchev–Trinajstić information content (AvgIpc) is 2.05. The summed E-state index contributed by atoms with van der Waals surface area (Å²) in [4.78, 5) is 0. The zero-order valence-corrected chi connectivity index (χ0v) is 8.35. The van der Waals surface area contributed by atoms with Gasteiger partial charge in [-0.1, -0.05) is 20.3 Å². The van der Waals surface area contributed by atoms with Crippen LogP contribution in [0.3, 0.4) is 0 Å². The van der Waals surface area contributed by atoms with Crippen molar-refractivity contribution in [1.82, 2.24) is 10.4 Å². The minimum absolute atomic E-state index is 0.659. The van der Waals surface area contributed by atoms with Crippen LogP contribution in [-0.2, 0) is 0 Å². The molecule has 0 aliphatic carbocycles. The fourth-order valence-corrected chi connectivity index (χ4v) is 1.10. The van der Waals surface area contributed by atoms with Crippen molar-refractivity contribution in [2.24, 2.45) is 0 Å². The lowest BCUT2D eigenvalue weighted by Gasteiger charge is -2.26. The summed E-state index contributed by atoms with van der Waals surface area (Å²) in [6, 6.07) is 0.659. The fourth-order valence-electron chi connectivity index (χ4n) is 1.10. The summed E-state index contributed by atoms with van der Waals surface area (Å²) >= 11 is 0. The molecule has 68 valence electrons. The Bertz CT molecular complexity index is 83.6. The molecule has 0 aliphatic rings. The van der Waals surface area contributed by atoms with Gasteiger partial charge in [-0.05, 0) is 26.8 Å². The molecule has 2 nitrogen and oxygen atoms in total. The van der Waals surface area contributed by atoms with E-state index in [9.17, 15) is 0 Å². The fraction of sp³-hybridized carbons (Fsp3) is 1.00. The highest BCUT2D eigenvalue weighted by atomic mass is 15.5. The summed E-state index contributed by atoms with van der Waals surface area (Å²) < 4.78 is 0. The quantitative estimate of drug-likeness (QED) is 0.595. The molecular formula is C9H22N2. The van der Waals surface area contributed by atoms with Crippen LogP contribution in [0, 0.1) is 0 Å². The Labute approximate surface area is 70.9 Å². The molecule has 0 aliphatic heterocycles. The average molecular weight is 158 g/mol. The molecule has 0 aromatic rings. The SMILES string of the molecule is CCCCN(NC)C(C)CC. The third-order valence-electron chi connectivity index (χ3n) is 2.16. The van der Waals surface area contributed by atoms with E-state index < -0.39 is 0 Å². The highest BCUT2D eigenvalue weighted by Gasteiger charge is 2.07. The monoisotopic (exact) mass is 158 g/mol. The molecular weight excluding hydrogens is 136 g/mol. The normalized spacial score (nSPS) is 13.9. The lowest BCUT2D eigenvalue weighted by atomic mass is 10.2. The van der Waals surface area contributed by atoms with E-state index in [0.717, 1.165) is 0 Å². The summed E-state index contributed by atoms with van der Waals surface area (Å²) in [6.07, 6.45) is 3.77. The topological polar surface area (TPSA) is 15.3 Å². The molecule has 0 bridgehead atoms. The maximum absolute atomic E-state index is 3.22. The molecule has 0 radical (unpaired) electrons. The third kappa shape index (κ3) is 4.38. The number of unbranched alkanes of at least 4 members (excludes halogenated alkanes) is 1. The van der Waals surface area contributed by atoms with Gasteiger partial charge in [-0.2, -0.15) is 0 Å². The molecule has 0 aromatic heterocycles. The molecule has 11 heavy (non-hydrogen) atoms. The molecule has 1 unspecified atom stereocenters. The molecule has 1 atom stereocenters. The highest BCUT2D eigenvalue weighted by Crippen LogP contribution is 2.01. The Morgan fingerprint density at radius 2 is 2.00 bits per heavy atom. The summed E-state index contributed by atoms with van der Waals surface area (Å²) in [7, 11) is 2.00. The summed E-state index contributed by atoms with van der Waals surface area (Å²) in [5, 5.41) is 2.31. The number of hydrogen-bond acceptors (Lipinski definition) is 2. The van der Waals surface area contributed by atoms with E-state index >= 15 is 0 Å². The van der Waals surface area contributed by atoms with Gasteiger partial charge in [0, 0.05) is 12.6 Å². The van der Waals surface area contributed by atoms with Crippen molar-refractivity contribution in [3.05, 3.63) is 0 Å². The molecule has 0 amide bonds. The van der Waals surface area contributed by atoms with Crippen LogP contribution in [0.5, 0.6) is 0 Å². The Morgan fingerprint density at radius 3 is 2.36 bits per heavy atom. The maximum atomic E-state index is 3.22. The van der Waals surface area contributed by atoms with E-state index in [0.29, 0.717) is 6.04 Å². The maximum Gasteiger partial charge on any atom is 0.0212 e. The first-order valence-electron chi connectivity index (χ1n) is 4.70. The van der Waals surface area contributed by atoms with Crippen LogP contribution in [-0.4, -0.2) is 24.6 Å². The van der Waals surface area contributed by atoms with Crippen LogP contribution in [0.2, 0.25) is 0 Å². The van der Waals surface area contributed by atoms with Crippen molar-refractivity contribution in [1.29, 1.82) is 0 Å². The molecule has 0 heterocycles. The van der Waals surface area contributed by atoms with E-state index in [1.54, 1.807) is 0 Å². The number of hydrogen-bond donors (Lipinski definition) is 1. The van der Waals surface area contributed by atoms with Gasteiger partial charge in [0.2, 0.25) is 0 Å². The Kier molecular flexibility index (Phi) is 6.57. The van der Waals surface area contributed by atoms with E-state index in [1.807, 2.05) is 7.05 Å². The molecule has 0 rings (SSSR count). The molecule has 2 heteroatoms. The molecule has 0 saturated carbocycles. The Hall–Kier alpha value is -0.0800. The van der Waals surface area contributed by atoms with Crippen molar-refractivity contribution < 1.29 is 0 Å². The summed E-state index contributed by atoms with van der Waals surface area (Å²) in [5.74, 6) is 0. The van der Waals surface area contributed by atoms with Gasteiger partial charge in [-0.15, -0.1) is 0 Å². The van der Waals surface area contributed by atoms with Gasteiger partial charge in [0.25, 0.3) is 0 Å². The predicted octanol–water partition coefficient (Wildman–Crippen LogP) is 2.02. The first kappa shape index (κ1) is 10.9. The number of rotatable bonds is 6. The molecule has 1 N–H and O–H groups in total. The summed E-state index contributed by atoms with van der Waals surface area (Å²) in [5.41, 5.74) is 3.22. The first-order valence-corrected chi connectivity index (χ1v) is 4.70. The zero-order chi connectivity index (χ0) is 8.69. The zero-order valence-electron chi connectivity index (χ0n) is 8.35. The van der Waals surface area contributed by atoms with E-state index in [1.165, 1.54) is 25.8 Å². The lowest BCUT2D eigenvalue weighted by Crippen LogP contribution is -2.42. The van der Waals surface area contributed by atoms with Gasteiger partial charge in [0.15, 0.2) is 0 Å². The second kappa shape index (κ2) is 6.62. The minimum Gasteiger partial charge on any atom is -0.258 e. The first-order chi connectivity index (χ1) is 5.26. The van der Waals surface area contributed by atoms with Gasteiger partial charge in [-0.25, -0.2) is 5.01 Å². The highest BCUT2D eigenvalue weighted by molar-refractivity contribution is 4.59. The largest absolute Gasteiger partial charge is 0.258 e. The molecule has 0 aromatic carbocycles. The van der Waals surface area contributed by atoms with Gasteiger partial charge in [0.05, 0.1) is 0 Å². The second-order valence-corrected chi connectivity index (χ2v) is 3.03. The van der Waals surface area contributed by atoms with E-state index in [2.05, 4.69) is 31.2 Å². The van der Waals surface area contributed by atoms with Crippen molar-refractivity contribution in [2.45, 2.75) is 46.1 Å². The van der Waals surface area contributed by atoms with Crippen LogP contribution < -0.4 is 5.43 Å². The van der Waals surface area contributed by atoms with E-state index in [4.69, 9.17) is 0 Å². The van der Waals surface area contributed by atoms with Crippen LogP contribution in [0.1, 0.15) is 40.0 Å². The number of hydrazine groups is 1. The molecule has 0 saturated heterocycles. The van der Waals surface area contributed by atoms with Crippen LogP contribution in [0.25, 0.3) is 0 Å². The van der Waals surface area contributed by atoms with Crippen molar-refractivity contribution in [3.8, 4) is 0 Å². The van der Waals surface area contributed by atoms with Crippen LogP contribution in [0.15, 0.2) is 0 Å². The van der Waals surface area contributed by atoms with Crippen LogP contribution >= 0.6 is 0 Å². The lowest BCUT2D eigenvalue weighted by molar-refractivity contribution is 0.143. The van der Waals surface area contributed by atoms with Gasteiger partial charge >= 0.3 is 0 Å². The van der Waals surface area contributed by atoms with E-state index in [-0.39, 0.29) is 0 Å². The minimum atomic E-state index is 0.659. The molecule has 0 spiro atoms. The Morgan fingerprint density at radius 1 is 1.36 bits per heavy atom. The van der Waals surface area contributed by atoms with Gasteiger partial charge < -0.3 is 0 Å². The van der Waals surface area contributed by atoms with Gasteiger partial charge in [-0.3, -0.25) is 5.43 Å².